The van der Waals surface area contributed by atoms with E-state index in [4.69, 9.17) is 4.74 Å². The first-order chi connectivity index (χ1) is 15.9. The topological polar surface area (TPSA) is 89.4 Å². The first-order valence-electron chi connectivity index (χ1n) is 11.1. The van der Waals surface area contributed by atoms with Gasteiger partial charge in [0.1, 0.15) is 17.9 Å². The van der Waals surface area contributed by atoms with Crippen LogP contribution in [0.5, 0.6) is 5.75 Å². The molecule has 1 unspecified atom stereocenters. The summed E-state index contributed by atoms with van der Waals surface area (Å²) in [4.78, 5) is 35.8. The van der Waals surface area contributed by atoms with Gasteiger partial charge in [-0.05, 0) is 43.0 Å². The van der Waals surface area contributed by atoms with E-state index in [2.05, 4.69) is 35.1 Å². The molecule has 1 aromatic heterocycles. The number of benzene rings is 2. The van der Waals surface area contributed by atoms with Crippen LogP contribution in [0, 0.1) is 6.92 Å². The molecule has 1 fully saturated rings. The zero-order valence-corrected chi connectivity index (χ0v) is 19.0. The quantitative estimate of drug-likeness (QED) is 0.419. The second-order valence-corrected chi connectivity index (χ2v) is 8.16. The Bertz CT molecular complexity index is 1250. The van der Waals surface area contributed by atoms with Gasteiger partial charge >= 0.3 is 6.03 Å². The van der Waals surface area contributed by atoms with Crippen molar-refractivity contribution in [3.05, 3.63) is 70.9 Å². The zero-order chi connectivity index (χ0) is 23.5. The summed E-state index contributed by atoms with van der Waals surface area (Å²) >= 11 is 0. The highest BCUT2D eigenvalue weighted by atomic mass is 16.5. The van der Waals surface area contributed by atoms with Gasteiger partial charge < -0.3 is 9.30 Å². The summed E-state index contributed by atoms with van der Waals surface area (Å²) in [5.74, 6) is -0.105. The Labute approximate surface area is 192 Å². The minimum absolute atomic E-state index is 0.0978. The number of urea groups is 1. The second-order valence-electron chi connectivity index (χ2n) is 8.16. The standard InChI is InChI=1S/C26H27N3O4/c1-4-16(2)18-9-6-8-12-23(18)33-14-13-29-17(3)20(19-10-5-7-11-22(19)29)15-21-24(30)27-26(32)28-25(21)31/h5-12,15-16H,4,13-14H2,1-3H3,(H2,27,28,30,31,32). The number of barbiturate groups is 1. The van der Waals surface area contributed by atoms with Gasteiger partial charge in [-0.15, -0.1) is 0 Å². The van der Waals surface area contributed by atoms with Crippen LogP contribution in [0.3, 0.4) is 0 Å². The van der Waals surface area contributed by atoms with E-state index in [1.807, 2.05) is 49.4 Å². The molecule has 4 amide bonds. The number of nitrogens with one attached hydrogen (secondary N) is 2. The molecular formula is C26H27N3O4. The Morgan fingerprint density at radius 3 is 2.39 bits per heavy atom. The average molecular weight is 446 g/mol. The zero-order valence-electron chi connectivity index (χ0n) is 19.0. The number of carbonyl (C=O) groups is 3. The van der Waals surface area contributed by atoms with E-state index >= 15 is 0 Å². The van der Waals surface area contributed by atoms with Gasteiger partial charge in [-0.2, -0.15) is 0 Å². The Morgan fingerprint density at radius 1 is 1.00 bits per heavy atom. The fraction of sp³-hybridized carbons (Fsp3) is 0.269. The van der Waals surface area contributed by atoms with E-state index in [0.29, 0.717) is 19.1 Å². The molecule has 33 heavy (non-hydrogen) atoms. The van der Waals surface area contributed by atoms with Crippen molar-refractivity contribution in [3.63, 3.8) is 0 Å². The number of aromatic nitrogens is 1. The van der Waals surface area contributed by atoms with Crippen molar-refractivity contribution < 1.29 is 19.1 Å². The van der Waals surface area contributed by atoms with Crippen molar-refractivity contribution in [1.82, 2.24) is 15.2 Å². The van der Waals surface area contributed by atoms with Crippen molar-refractivity contribution in [3.8, 4) is 5.75 Å². The van der Waals surface area contributed by atoms with Gasteiger partial charge in [0.05, 0.1) is 6.54 Å². The number of imide groups is 2. The maximum Gasteiger partial charge on any atom is 0.328 e. The van der Waals surface area contributed by atoms with Crippen LogP contribution < -0.4 is 15.4 Å². The monoisotopic (exact) mass is 445 g/mol. The molecule has 7 nitrogen and oxygen atoms in total. The molecule has 0 radical (unpaired) electrons. The minimum atomic E-state index is -0.809. The number of hydrogen-bond donors (Lipinski definition) is 2. The highest BCUT2D eigenvalue weighted by Crippen LogP contribution is 2.30. The average Bonchev–Trinajstić information content (AvgIpc) is 3.07. The first kappa shape index (κ1) is 22.3. The van der Waals surface area contributed by atoms with Crippen molar-refractivity contribution >= 4 is 34.8 Å². The van der Waals surface area contributed by atoms with Crippen LogP contribution in [0.2, 0.25) is 0 Å². The molecule has 0 bridgehead atoms. The van der Waals surface area contributed by atoms with Crippen LogP contribution >= 0.6 is 0 Å². The van der Waals surface area contributed by atoms with E-state index < -0.39 is 17.8 Å². The summed E-state index contributed by atoms with van der Waals surface area (Å²) in [6.45, 7) is 7.37. The van der Waals surface area contributed by atoms with E-state index in [1.54, 1.807) is 6.08 Å². The lowest BCUT2D eigenvalue weighted by molar-refractivity contribution is -0.123. The molecule has 7 heteroatoms. The van der Waals surface area contributed by atoms with Gasteiger partial charge in [-0.3, -0.25) is 20.2 Å². The van der Waals surface area contributed by atoms with Crippen molar-refractivity contribution in [2.75, 3.05) is 6.61 Å². The lowest BCUT2D eigenvalue weighted by atomic mass is 9.98. The number of carbonyl (C=O) groups excluding carboxylic acids is 3. The van der Waals surface area contributed by atoms with Crippen LogP contribution in [-0.2, 0) is 16.1 Å². The van der Waals surface area contributed by atoms with Gasteiger partial charge in [0, 0.05) is 22.2 Å². The number of fused-ring (bicyclic) bond motifs is 1. The molecular weight excluding hydrogens is 418 g/mol. The number of rotatable bonds is 7. The molecule has 0 saturated carbocycles. The highest BCUT2D eigenvalue weighted by Gasteiger charge is 2.28. The summed E-state index contributed by atoms with van der Waals surface area (Å²) in [5, 5.41) is 5.16. The largest absolute Gasteiger partial charge is 0.491 e. The van der Waals surface area contributed by atoms with E-state index in [-0.39, 0.29) is 5.57 Å². The van der Waals surface area contributed by atoms with Crippen LogP contribution in [0.25, 0.3) is 17.0 Å². The van der Waals surface area contributed by atoms with Crippen LogP contribution in [-0.4, -0.2) is 29.0 Å². The molecule has 4 rings (SSSR count). The normalized spacial score (nSPS) is 14.8. The number of hydrogen-bond acceptors (Lipinski definition) is 4. The molecule has 2 aromatic carbocycles. The van der Waals surface area contributed by atoms with Crippen LogP contribution in [0.4, 0.5) is 4.79 Å². The van der Waals surface area contributed by atoms with Gasteiger partial charge in [0.15, 0.2) is 0 Å². The number of amides is 4. The molecule has 2 heterocycles. The van der Waals surface area contributed by atoms with Gasteiger partial charge in [0.2, 0.25) is 0 Å². The summed E-state index contributed by atoms with van der Waals surface area (Å²) < 4.78 is 8.29. The lowest BCUT2D eigenvalue weighted by Crippen LogP contribution is -2.51. The van der Waals surface area contributed by atoms with Gasteiger partial charge in [-0.1, -0.05) is 50.2 Å². The molecule has 1 aliphatic heterocycles. The highest BCUT2D eigenvalue weighted by molar-refractivity contribution is 6.31. The first-order valence-corrected chi connectivity index (χ1v) is 11.1. The van der Waals surface area contributed by atoms with Gasteiger partial charge in [0.25, 0.3) is 11.8 Å². The summed E-state index contributed by atoms with van der Waals surface area (Å²) in [6.07, 6.45) is 2.58. The number of nitrogens with zero attached hydrogens (tertiary/aromatic N) is 1. The molecule has 3 aromatic rings. The fourth-order valence-corrected chi connectivity index (χ4v) is 4.16. The number of para-hydroxylation sites is 2. The van der Waals surface area contributed by atoms with Crippen LogP contribution in [0.15, 0.2) is 54.1 Å². The van der Waals surface area contributed by atoms with Gasteiger partial charge in [-0.25, -0.2) is 4.79 Å². The second kappa shape index (κ2) is 9.32. The maximum atomic E-state index is 12.2. The maximum absolute atomic E-state index is 12.2. The van der Waals surface area contributed by atoms with Crippen molar-refractivity contribution in [2.24, 2.45) is 0 Å². The van der Waals surface area contributed by atoms with Crippen LogP contribution in [0.1, 0.15) is 43.0 Å². The third kappa shape index (κ3) is 4.39. The SMILES string of the molecule is CCC(C)c1ccccc1OCCn1c(C)c(C=C2C(=O)NC(=O)NC2=O)c2ccccc21. The van der Waals surface area contributed by atoms with Crippen molar-refractivity contribution in [2.45, 2.75) is 39.7 Å². The smallest absolute Gasteiger partial charge is 0.328 e. The summed E-state index contributed by atoms with van der Waals surface area (Å²) in [5.41, 5.74) is 3.75. The predicted molar refractivity (Wildman–Crippen MR) is 127 cm³/mol. The molecule has 0 spiro atoms. The van der Waals surface area contributed by atoms with E-state index in [0.717, 1.165) is 34.3 Å². The molecule has 0 aliphatic carbocycles. The third-order valence-electron chi connectivity index (χ3n) is 6.15. The molecule has 1 saturated heterocycles. The van der Waals surface area contributed by atoms with E-state index in [9.17, 15) is 14.4 Å². The molecule has 170 valence electrons. The predicted octanol–water partition coefficient (Wildman–Crippen LogP) is 4.29. The minimum Gasteiger partial charge on any atom is -0.491 e. The summed E-state index contributed by atoms with van der Waals surface area (Å²) in [7, 11) is 0. The molecule has 1 aliphatic rings. The summed E-state index contributed by atoms with van der Waals surface area (Å²) in [6, 6.07) is 15.1. The Hall–Kier alpha value is -3.87. The van der Waals surface area contributed by atoms with E-state index in [1.165, 1.54) is 5.56 Å². The lowest BCUT2D eigenvalue weighted by Gasteiger charge is -2.16. The Morgan fingerprint density at radius 2 is 1.67 bits per heavy atom. The fourth-order valence-electron chi connectivity index (χ4n) is 4.16. The number of ether oxygens (including phenoxy) is 1. The Kier molecular flexibility index (Phi) is 6.31. The van der Waals surface area contributed by atoms with Crippen molar-refractivity contribution in [1.29, 1.82) is 0 Å². The molecule has 1 atom stereocenters. The third-order valence-corrected chi connectivity index (χ3v) is 6.15. The Balaban J connectivity index is 1.64. The molecule has 2 N–H and O–H groups in total.